The summed E-state index contributed by atoms with van der Waals surface area (Å²) in [6, 6.07) is 4.34. The minimum atomic E-state index is -0.595. The maximum Gasteiger partial charge on any atom is 0.258 e. The van der Waals surface area contributed by atoms with Gasteiger partial charge < -0.3 is 10.2 Å². The molecular weight excluding hydrogens is 319 g/mol. The van der Waals surface area contributed by atoms with Crippen molar-refractivity contribution in [3.63, 3.8) is 0 Å². The molecule has 1 aromatic rings. The third-order valence-corrected chi connectivity index (χ3v) is 5.10. The Bertz CT molecular complexity index is 590. The second-order valence-electron chi connectivity index (χ2n) is 6.30. The lowest BCUT2D eigenvalue weighted by Gasteiger charge is -2.34. The molecule has 1 saturated carbocycles. The fourth-order valence-corrected chi connectivity index (χ4v) is 3.32. The van der Waals surface area contributed by atoms with Gasteiger partial charge in [0.2, 0.25) is 5.91 Å². The first-order chi connectivity index (χ1) is 11.1. The van der Waals surface area contributed by atoms with Gasteiger partial charge in [0.1, 0.15) is 5.82 Å². The highest BCUT2D eigenvalue weighted by Gasteiger charge is 2.30. The number of piperidine rings is 1. The van der Waals surface area contributed by atoms with Crippen molar-refractivity contribution < 1.29 is 14.0 Å². The van der Waals surface area contributed by atoms with E-state index in [0.717, 1.165) is 19.3 Å². The number of hydrogen-bond acceptors (Lipinski definition) is 2. The highest BCUT2D eigenvalue weighted by Crippen LogP contribution is 2.27. The molecular formula is C17H20ClFN2O2. The van der Waals surface area contributed by atoms with Gasteiger partial charge in [0.25, 0.3) is 5.91 Å². The summed E-state index contributed by atoms with van der Waals surface area (Å²) in [7, 11) is 0. The molecule has 0 unspecified atom stereocenters. The number of rotatable bonds is 3. The molecule has 23 heavy (non-hydrogen) atoms. The van der Waals surface area contributed by atoms with Gasteiger partial charge in [-0.2, -0.15) is 0 Å². The molecule has 3 rings (SSSR count). The lowest BCUT2D eigenvalue weighted by atomic mass is 9.84. The van der Waals surface area contributed by atoms with Crippen molar-refractivity contribution in [1.29, 1.82) is 0 Å². The van der Waals surface area contributed by atoms with E-state index in [9.17, 15) is 14.0 Å². The van der Waals surface area contributed by atoms with Crippen molar-refractivity contribution in [1.82, 2.24) is 10.2 Å². The monoisotopic (exact) mass is 338 g/mol. The van der Waals surface area contributed by atoms with Gasteiger partial charge in [-0.15, -0.1) is 0 Å². The van der Waals surface area contributed by atoms with E-state index in [-0.39, 0.29) is 34.4 Å². The fourth-order valence-electron chi connectivity index (χ4n) is 3.08. The summed E-state index contributed by atoms with van der Waals surface area (Å²) < 4.78 is 13.8. The summed E-state index contributed by atoms with van der Waals surface area (Å²) in [5.74, 6) is -0.662. The molecule has 1 aliphatic carbocycles. The molecule has 2 aliphatic rings. The minimum Gasteiger partial charge on any atom is -0.353 e. The van der Waals surface area contributed by atoms with Gasteiger partial charge in [-0.3, -0.25) is 9.59 Å². The zero-order valence-corrected chi connectivity index (χ0v) is 13.6. The van der Waals surface area contributed by atoms with Crippen LogP contribution in [0.25, 0.3) is 0 Å². The predicted octanol–water partition coefficient (Wildman–Crippen LogP) is 3.00. The average molecular weight is 339 g/mol. The van der Waals surface area contributed by atoms with Gasteiger partial charge in [0, 0.05) is 25.0 Å². The SMILES string of the molecule is O=C(NC1CCN(C(=O)c2c(F)cccc2Cl)CC1)C1CCC1. The van der Waals surface area contributed by atoms with Gasteiger partial charge in [0.15, 0.2) is 0 Å². The van der Waals surface area contributed by atoms with Gasteiger partial charge in [0.05, 0.1) is 10.6 Å². The molecule has 2 fully saturated rings. The average Bonchev–Trinajstić information content (AvgIpc) is 2.45. The molecule has 1 N–H and O–H groups in total. The van der Waals surface area contributed by atoms with Crippen LogP contribution in [0.4, 0.5) is 4.39 Å². The van der Waals surface area contributed by atoms with Crippen LogP contribution in [0.3, 0.4) is 0 Å². The number of nitrogens with zero attached hydrogens (tertiary/aromatic N) is 1. The Hall–Kier alpha value is -1.62. The van der Waals surface area contributed by atoms with Crippen LogP contribution in [0.2, 0.25) is 5.02 Å². The smallest absolute Gasteiger partial charge is 0.258 e. The van der Waals surface area contributed by atoms with Crippen LogP contribution in [-0.2, 0) is 4.79 Å². The maximum atomic E-state index is 13.8. The summed E-state index contributed by atoms with van der Waals surface area (Å²) in [6.07, 6.45) is 4.48. The van der Waals surface area contributed by atoms with Crippen molar-refractivity contribution in [2.24, 2.45) is 5.92 Å². The first-order valence-corrected chi connectivity index (χ1v) is 8.47. The van der Waals surface area contributed by atoms with E-state index in [1.54, 1.807) is 4.90 Å². The highest BCUT2D eigenvalue weighted by molar-refractivity contribution is 6.33. The first kappa shape index (κ1) is 16.2. The van der Waals surface area contributed by atoms with E-state index >= 15 is 0 Å². The lowest BCUT2D eigenvalue weighted by molar-refractivity contribution is -0.128. The topological polar surface area (TPSA) is 49.4 Å². The number of likely N-dealkylation sites (tertiary alicyclic amines) is 1. The Kier molecular flexibility index (Phi) is 4.85. The molecule has 1 aromatic carbocycles. The third kappa shape index (κ3) is 3.50. The Balaban J connectivity index is 1.56. The molecule has 0 aromatic heterocycles. The molecule has 6 heteroatoms. The number of carbonyl (C=O) groups is 2. The Labute approximate surface area is 140 Å². The van der Waals surface area contributed by atoms with Crippen LogP contribution < -0.4 is 5.32 Å². The molecule has 0 atom stereocenters. The number of halogens is 2. The molecule has 0 bridgehead atoms. The van der Waals surface area contributed by atoms with Crippen LogP contribution in [0.15, 0.2) is 18.2 Å². The summed E-state index contributed by atoms with van der Waals surface area (Å²) in [5.41, 5.74) is -0.0638. The maximum absolute atomic E-state index is 13.8. The standard InChI is InChI=1S/C17H20ClFN2O2/c18-13-5-2-6-14(19)15(13)17(23)21-9-7-12(8-10-21)20-16(22)11-3-1-4-11/h2,5-6,11-12H,1,3-4,7-10H2,(H,20,22). The highest BCUT2D eigenvalue weighted by atomic mass is 35.5. The van der Waals surface area contributed by atoms with E-state index in [0.29, 0.717) is 25.9 Å². The molecule has 0 spiro atoms. The van der Waals surface area contributed by atoms with Crippen LogP contribution in [0, 0.1) is 11.7 Å². The second-order valence-corrected chi connectivity index (χ2v) is 6.71. The molecule has 1 heterocycles. The predicted molar refractivity (Wildman–Crippen MR) is 85.8 cm³/mol. The number of nitrogens with one attached hydrogen (secondary N) is 1. The zero-order chi connectivity index (χ0) is 16.4. The molecule has 2 amide bonds. The van der Waals surface area contributed by atoms with Crippen LogP contribution in [0.1, 0.15) is 42.5 Å². The number of benzene rings is 1. The Morgan fingerprint density at radius 2 is 1.87 bits per heavy atom. The van der Waals surface area contributed by atoms with Crippen molar-refractivity contribution in [2.75, 3.05) is 13.1 Å². The quantitative estimate of drug-likeness (QED) is 0.921. The lowest BCUT2D eigenvalue weighted by Crippen LogP contribution is -2.48. The Morgan fingerprint density at radius 3 is 2.43 bits per heavy atom. The molecule has 1 aliphatic heterocycles. The summed E-state index contributed by atoms with van der Waals surface area (Å²) in [5, 5.41) is 3.20. The number of hydrogen-bond donors (Lipinski definition) is 1. The van der Waals surface area contributed by atoms with Crippen molar-refractivity contribution in [3.05, 3.63) is 34.6 Å². The van der Waals surface area contributed by atoms with E-state index < -0.39 is 5.82 Å². The molecule has 0 radical (unpaired) electrons. The van der Waals surface area contributed by atoms with Crippen molar-refractivity contribution >= 4 is 23.4 Å². The van der Waals surface area contributed by atoms with Gasteiger partial charge in [-0.1, -0.05) is 24.1 Å². The minimum absolute atomic E-state index is 0.0638. The largest absolute Gasteiger partial charge is 0.353 e. The van der Waals surface area contributed by atoms with Gasteiger partial charge >= 0.3 is 0 Å². The van der Waals surface area contributed by atoms with Gasteiger partial charge in [-0.25, -0.2) is 4.39 Å². The van der Waals surface area contributed by atoms with E-state index in [4.69, 9.17) is 11.6 Å². The molecule has 4 nitrogen and oxygen atoms in total. The number of carbonyl (C=O) groups excluding carboxylic acids is 2. The Morgan fingerprint density at radius 1 is 1.17 bits per heavy atom. The van der Waals surface area contributed by atoms with Crippen molar-refractivity contribution in [2.45, 2.75) is 38.1 Å². The van der Waals surface area contributed by atoms with Crippen LogP contribution in [0.5, 0.6) is 0 Å². The van der Waals surface area contributed by atoms with E-state index in [1.165, 1.54) is 18.2 Å². The second kappa shape index (κ2) is 6.87. The first-order valence-electron chi connectivity index (χ1n) is 8.10. The molecule has 1 saturated heterocycles. The number of amides is 2. The van der Waals surface area contributed by atoms with E-state index in [1.807, 2.05) is 0 Å². The summed E-state index contributed by atoms with van der Waals surface area (Å²) >= 11 is 5.95. The summed E-state index contributed by atoms with van der Waals surface area (Å²) in [4.78, 5) is 26.0. The van der Waals surface area contributed by atoms with Crippen LogP contribution >= 0.6 is 11.6 Å². The van der Waals surface area contributed by atoms with Crippen LogP contribution in [-0.4, -0.2) is 35.8 Å². The third-order valence-electron chi connectivity index (χ3n) is 4.78. The van der Waals surface area contributed by atoms with Crippen molar-refractivity contribution in [3.8, 4) is 0 Å². The van der Waals surface area contributed by atoms with E-state index in [2.05, 4.69) is 5.32 Å². The summed E-state index contributed by atoms with van der Waals surface area (Å²) in [6.45, 7) is 0.998. The molecule has 124 valence electrons. The van der Waals surface area contributed by atoms with Gasteiger partial charge in [-0.05, 0) is 37.8 Å². The zero-order valence-electron chi connectivity index (χ0n) is 12.9. The fraction of sp³-hybridized carbons (Fsp3) is 0.529. The normalized spacial score (nSPS) is 19.3.